The summed E-state index contributed by atoms with van der Waals surface area (Å²) in [4.78, 5) is 11.9. The summed E-state index contributed by atoms with van der Waals surface area (Å²) in [6.07, 6.45) is -6.84. The molecule has 0 aliphatic rings. The molecule has 0 aromatic heterocycles. The van der Waals surface area contributed by atoms with Crippen LogP contribution in [-0.2, 0) is 9.53 Å². The van der Waals surface area contributed by atoms with E-state index in [4.69, 9.17) is 4.74 Å². The molecule has 0 saturated heterocycles. The van der Waals surface area contributed by atoms with E-state index in [-0.39, 0.29) is 24.7 Å². The summed E-state index contributed by atoms with van der Waals surface area (Å²) in [5.41, 5.74) is 0. The van der Waals surface area contributed by atoms with Gasteiger partial charge in [0.1, 0.15) is 5.25 Å². The maximum Gasteiger partial charge on any atom is 0.459 e. The van der Waals surface area contributed by atoms with Crippen molar-refractivity contribution in [1.29, 1.82) is 0 Å². The van der Waals surface area contributed by atoms with Crippen LogP contribution in [-0.4, -0.2) is 41.6 Å². The summed E-state index contributed by atoms with van der Waals surface area (Å²) in [5.74, 6) is -11.6. The van der Waals surface area contributed by atoms with E-state index in [2.05, 4.69) is 0 Å². The van der Waals surface area contributed by atoms with Gasteiger partial charge < -0.3 is 4.74 Å². The lowest BCUT2D eigenvalue weighted by Gasteiger charge is -2.28. The molecule has 0 rings (SSSR count). The fourth-order valence-corrected chi connectivity index (χ4v) is 3.17. The second kappa shape index (κ2) is 10.6. The zero-order valence-corrected chi connectivity index (χ0v) is 15.8. The molecule has 0 amide bonds. The Morgan fingerprint density at radius 3 is 2.04 bits per heavy atom. The van der Waals surface area contributed by atoms with Crippen molar-refractivity contribution < 1.29 is 40.3 Å². The standard InChI is InChI=1S/C16H25F7O2S/c1-4-5-9-25-13(24)12(11(2)3)26-10-7-6-8-14(17,18)15(19,20)16(21,22)23/h11-12H,4-10H2,1-3H3. The lowest BCUT2D eigenvalue weighted by molar-refractivity contribution is -0.355. The predicted molar refractivity (Wildman–Crippen MR) is 86.8 cm³/mol. The Balaban J connectivity index is 4.40. The third-order valence-corrected chi connectivity index (χ3v) is 5.20. The van der Waals surface area contributed by atoms with Crippen molar-refractivity contribution in [2.24, 2.45) is 5.92 Å². The summed E-state index contributed by atoms with van der Waals surface area (Å²) in [6.45, 7) is 5.76. The van der Waals surface area contributed by atoms with Crippen LogP contribution in [0.5, 0.6) is 0 Å². The number of carbonyl (C=O) groups is 1. The molecule has 0 bridgehead atoms. The number of hydrogen-bond donors (Lipinski definition) is 0. The molecule has 0 saturated carbocycles. The molecule has 0 fully saturated rings. The monoisotopic (exact) mass is 414 g/mol. The average Bonchev–Trinajstić information content (AvgIpc) is 2.49. The lowest BCUT2D eigenvalue weighted by atomic mass is 10.0. The van der Waals surface area contributed by atoms with Crippen LogP contribution < -0.4 is 0 Å². The van der Waals surface area contributed by atoms with Crippen molar-refractivity contribution in [1.82, 2.24) is 0 Å². The number of alkyl halides is 7. The van der Waals surface area contributed by atoms with Crippen LogP contribution in [0.1, 0.15) is 52.9 Å². The quantitative estimate of drug-likeness (QED) is 0.220. The smallest absolute Gasteiger partial charge is 0.459 e. The minimum absolute atomic E-state index is 0.0142. The molecule has 0 N–H and O–H groups in total. The number of rotatable bonds is 12. The number of unbranched alkanes of at least 4 members (excludes halogenated alkanes) is 2. The number of carbonyl (C=O) groups excluding carboxylic acids is 1. The highest BCUT2D eigenvalue weighted by molar-refractivity contribution is 8.00. The molecule has 156 valence electrons. The van der Waals surface area contributed by atoms with Gasteiger partial charge in [0.05, 0.1) is 6.61 Å². The molecule has 0 aliphatic carbocycles. The number of thioether (sulfide) groups is 1. The van der Waals surface area contributed by atoms with Crippen LogP contribution in [0.3, 0.4) is 0 Å². The third-order valence-electron chi connectivity index (χ3n) is 3.58. The molecule has 10 heteroatoms. The number of ether oxygens (including phenoxy) is 1. The van der Waals surface area contributed by atoms with Crippen LogP contribution in [0.2, 0.25) is 0 Å². The summed E-state index contributed by atoms with van der Waals surface area (Å²) >= 11 is 1.13. The van der Waals surface area contributed by atoms with E-state index < -0.39 is 42.1 Å². The van der Waals surface area contributed by atoms with Crippen molar-refractivity contribution in [3.8, 4) is 0 Å². The summed E-state index contributed by atoms with van der Waals surface area (Å²) < 4.78 is 93.0. The third kappa shape index (κ3) is 7.52. The van der Waals surface area contributed by atoms with Crippen molar-refractivity contribution >= 4 is 17.7 Å². The van der Waals surface area contributed by atoms with Gasteiger partial charge in [-0.3, -0.25) is 4.79 Å². The summed E-state index contributed by atoms with van der Waals surface area (Å²) in [7, 11) is 0. The highest BCUT2D eigenvalue weighted by Crippen LogP contribution is 2.48. The molecular weight excluding hydrogens is 389 g/mol. The van der Waals surface area contributed by atoms with E-state index >= 15 is 0 Å². The maximum atomic E-state index is 13.2. The Morgan fingerprint density at radius 2 is 1.58 bits per heavy atom. The Morgan fingerprint density at radius 1 is 1.00 bits per heavy atom. The van der Waals surface area contributed by atoms with Crippen LogP contribution in [0.15, 0.2) is 0 Å². The second-order valence-corrected chi connectivity index (χ2v) is 7.54. The van der Waals surface area contributed by atoms with E-state index in [0.29, 0.717) is 6.42 Å². The topological polar surface area (TPSA) is 26.3 Å². The molecule has 0 heterocycles. The fourth-order valence-electron chi connectivity index (χ4n) is 1.96. The Kier molecular flexibility index (Phi) is 10.3. The van der Waals surface area contributed by atoms with Gasteiger partial charge in [-0.1, -0.05) is 27.2 Å². The van der Waals surface area contributed by atoms with Gasteiger partial charge in [0.15, 0.2) is 0 Å². The molecule has 26 heavy (non-hydrogen) atoms. The first-order valence-electron chi connectivity index (χ1n) is 8.38. The van der Waals surface area contributed by atoms with Crippen molar-refractivity contribution in [2.45, 2.75) is 76.1 Å². The van der Waals surface area contributed by atoms with E-state index in [1.54, 1.807) is 13.8 Å². The van der Waals surface area contributed by atoms with Crippen molar-refractivity contribution in [3.63, 3.8) is 0 Å². The highest BCUT2D eigenvalue weighted by atomic mass is 32.2. The van der Waals surface area contributed by atoms with Gasteiger partial charge in [0, 0.05) is 6.42 Å². The molecule has 0 aromatic carbocycles. The minimum atomic E-state index is -6.30. The van der Waals surface area contributed by atoms with Gasteiger partial charge in [-0.05, 0) is 30.9 Å². The maximum absolute atomic E-state index is 13.2. The summed E-state index contributed by atoms with van der Waals surface area (Å²) in [6, 6.07) is 0. The highest BCUT2D eigenvalue weighted by Gasteiger charge is 2.72. The Hall–Kier alpha value is -0.670. The Labute approximate surface area is 153 Å². The normalized spacial score (nSPS) is 14.6. The van der Waals surface area contributed by atoms with Gasteiger partial charge in [-0.15, -0.1) is 11.8 Å². The molecule has 1 unspecified atom stereocenters. The predicted octanol–water partition coefficient (Wildman–Crippen LogP) is 6.09. The lowest BCUT2D eigenvalue weighted by Crippen LogP contribution is -2.51. The zero-order valence-electron chi connectivity index (χ0n) is 15.0. The van der Waals surface area contributed by atoms with E-state index in [0.717, 1.165) is 18.2 Å². The van der Waals surface area contributed by atoms with E-state index in [1.807, 2.05) is 6.92 Å². The average molecular weight is 414 g/mol. The molecule has 0 aromatic rings. The molecule has 1 atom stereocenters. The van der Waals surface area contributed by atoms with Gasteiger partial charge in [-0.25, -0.2) is 0 Å². The molecule has 2 nitrogen and oxygen atoms in total. The van der Waals surface area contributed by atoms with Crippen molar-refractivity contribution in [3.05, 3.63) is 0 Å². The van der Waals surface area contributed by atoms with Gasteiger partial charge in [-0.2, -0.15) is 30.7 Å². The zero-order chi connectivity index (χ0) is 20.6. The van der Waals surface area contributed by atoms with Crippen LogP contribution in [0.4, 0.5) is 30.7 Å². The number of halogens is 7. The minimum Gasteiger partial charge on any atom is -0.465 e. The van der Waals surface area contributed by atoms with Crippen LogP contribution in [0.25, 0.3) is 0 Å². The second-order valence-electron chi connectivity index (χ2n) is 6.29. The summed E-state index contributed by atoms with van der Waals surface area (Å²) in [5, 5.41) is -0.538. The van der Waals surface area contributed by atoms with Gasteiger partial charge in [0.25, 0.3) is 0 Å². The van der Waals surface area contributed by atoms with Crippen LogP contribution in [0, 0.1) is 5.92 Å². The van der Waals surface area contributed by atoms with E-state index in [1.165, 1.54) is 0 Å². The first kappa shape index (κ1) is 25.3. The molecule has 0 radical (unpaired) electrons. The van der Waals surface area contributed by atoms with Crippen LogP contribution >= 0.6 is 11.8 Å². The molecule has 0 aliphatic heterocycles. The number of esters is 1. The first-order chi connectivity index (χ1) is 11.8. The molecule has 0 spiro atoms. The Bertz CT molecular complexity index is 425. The van der Waals surface area contributed by atoms with Crippen molar-refractivity contribution in [2.75, 3.05) is 12.4 Å². The van der Waals surface area contributed by atoms with Gasteiger partial charge in [0.2, 0.25) is 0 Å². The SMILES string of the molecule is CCCCOC(=O)C(SCCCCC(F)(F)C(F)(F)C(F)(F)F)C(C)C. The molecular formula is C16H25F7O2S. The van der Waals surface area contributed by atoms with Gasteiger partial charge >= 0.3 is 24.0 Å². The number of hydrogen-bond acceptors (Lipinski definition) is 3. The fraction of sp³-hybridized carbons (Fsp3) is 0.938. The van der Waals surface area contributed by atoms with E-state index in [9.17, 15) is 35.5 Å². The first-order valence-corrected chi connectivity index (χ1v) is 9.43. The largest absolute Gasteiger partial charge is 0.465 e.